The SMILES string of the molecule is Cc1nn(C)c(C)c1[C@@H](C)C(=O)N[C@@H](C#N)c1cccc(Cl)c1. The summed E-state index contributed by atoms with van der Waals surface area (Å²) >= 11 is 5.95. The van der Waals surface area contributed by atoms with Gasteiger partial charge in [-0.3, -0.25) is 9.48 Å². The fraction of sp³-hybridized carbons (Fsp3) is 0.353. The molecule has 120 valence electrons. The second kappa shape index (κ2) is 6.84. The van der Waals surface area contributed by atoms with Gasteiger partial charge in [0, 0.05) is 23.3 Å². The molecule has 0 fully saturated rings. The highest BCUT2D eigenvalue weighted by molar-refractivity contribution is 6.30. The predicted octanol–water partition coefficient (Wildman–Crippen LogP) is 3.17. The molecule has 0 spiro atoms. The molecular weight excluding hydrogens is 312 g/mol. The van der Waals surface area contributed by atoms with E-state index in [0.29, 0.717) is 10.6 Å². The molecule has 0 aliphatic heterocycles. The van der Waals surface area contributed by atoms with Crippen LogP contribution in [0.1, 0.15) is 41.4 Å². The minimum absolute atomic E-state index is 0.212. The highest BCUT2D eigenvalue weighted by Crippen LogP contribution is 2.24. The van der Waals surface area contributed by atoms with E-state index < -0.39 is 12.0 Å². The Morgan fingerprint density at radius 3 is 2.65 bits per heavy atom. The third kappa shape index (κ3) is 3.54. The van der Waals surface area contributed by atoms with Crippen molar-refractivity contribution >= 4 is 17.5 Å². The number of hydrogen-bond acceptors (Lipinski definition) is 3. The third-order valence-electron chi connectivity index (χ3n) is 3.99. The van der Waals surface area contributed by atoms with E-state index in [1.54, 1.807) is 28.9 Å². The lowest BCUT2D eigenvalue weighted by atomic mass is 9.97. The van der Waals surface area contributed by atoms with Crippen molar-refractivity contribution in [3.63, 3.8) is 0 Å². The lowest BCUT2D eigenvalue weighted by Crippen LogP contribution is -2.31. The van der Waals surface area contributed by atoms with Crippen LogP contribution in [0.2, 0.25) is 5.02 Å². The molecule has 2 rings (SSSR count). The Balaban J connectivity index is 2.21. The van der Waals surface area contributed by atoms with E-state index in [-0.39, 0.29) is 5.91 Å². The molecule has 2 aromatic rings. The van der Waals surface area contributed by atoms with Gasteiger partial charge in [0.25, 0.3) is 0 Å². The smallest absolute Gasteiger partial charge is 0.228 e. The Morgan fingerprint density at radius 2 is 2.13 bits per heavy atom. The fourth-order valence-electron chi connectivity index (χ4n) is 2.69. The number of nitrogens with zero attached hydrogens (tertiary/aromatic N) is 3. The van der Waals surface area contributed by atoms with Crippen LogP contribution in [-0.2, 0) is 11.8 Å². The molecule has 6 heteroatoms. The number of rotatable bonds is 4. The number of nitriles is 1. The third-order valence-corrected chi connectivity index (χ3v) is 4.22. The van der Waals surface area contributed by atoms with E-state index in [2.05, 4.69) is 16.5 Å². The molecule has 0 radical (unpaired) electrons. The summed E-state index contributed by atoms with van der Waals surface area (Å²) < 4.78 is 1.76. The Bertz CT molecular complexity index is 775. The molecule has 5 nitrogen and oxygen atoms in total. The Labute approximate surface area is 140 Å². The van der Waals surface area contributed by atoms with Gasteiger partial charge in [-0.15, -0.1) is 0 Å². The largest absolute Gasteiger partial charge is 0.336 e. The Kier molecular flexibility index (Phi) is 5.07. The van der Waals surface area contributed by atoms with Crippen molar-refractivity contribution in [3.05, 3.63) is 51.8 Å². The standard InChI is InChI=1S/C17H19ClN4O/c1-10(16-11(2)21-22(4)12(16)3)17(23)20-15(9-19)13-6-5-7-14(18)8-13/h5-8,10,15H,1-4H3,(H,20,23)/t10-,15+/m1/s1. The van der Waals surface area contributed by atoms with Gasteiger partial charge in [-0.2, -0.15) is 10.4 Å². The molecule has 1 aromatic heterocycles. The average Bonchev–Trinajstić information content (AvgIpc) is 2.76. The molecule has 2 atom stereocenters. The minimum Gasteiger partial charge on any atom is -0.336 e. The van der Waals surface area contributed by atoms with Crippen LogP contribution in [-0.4, -0.2) is 15.7 Å². The number of benzene rings is 1. The highest BCUT2D eigenvalue weighted by Gasteiger charge is 2.25. The lowest BCUT2D eigenvalue weighted by Gasteiger charge is -2.17. The number of amides is 1. The second-order valence-corrected chi connectivity index (χ2v) is 5.99. The van der Waals surface area contributed by atoms with Crippen molar-refractivity contribution in [1.29, 1.82) is 5.26 Å². The van der Waals surface area contributed by atoms with Crippen LogP contribution in [0.25, 0.3) is 0 Å². The molecule has 0 aliphatic rings. The number of aromatic nitrogens is 2. The zero-order valence-electron chi connectivity index (χ0n) is 13.6. The van der Waals surface area contributed by atoms with Crippen LogP contribution in [0, 0.1) is 25.2 Å². The van der Waals surface area contributed by atoms with E-state index in [4.69, 9.17) is 11.6 Å². The van der Waals surface area contributed by atoms with Gasteiger partial charge in [-0.05, 0) is 38.5 Å². The number of nitrogens with one attached hydrogen (secondary N) is 1. The van der Waals surface area contributed by atoms with E-state index in [9.17, 15) is 10.1 Å². The summed E-state index contributed by atoms with van der Waals surface area (Å²) in [6.07, 6.45) is 0. The van der Waals surface area contributed by atoms with Crippen molar-refractivity contribution in [2.75, 3.05) is 0 Å². The topological polar surface area (TPSA) is 70.7 Å². The normalized spacial score (nSPS) is 13.2. The molecule has 0 aliphatic carbocycles. The van der Waals surface area contributed by atoms with Crippen molar-refractivity contribution < 1.29 is 4.79 Å². The zero-order chi connectivity index (χ0) is 17.1. The molecule has 1 N–H and O–H groups in total. The zero-order valence-corrected chi connectivity index (χ0v) is 14.3. The molecule has 0 bridgehead atoms. The van der Waals surface area contributed by atoms with Crippen molar-refractivity contribution in [2.24, 2.45) is 7.05 Å². The molecule has 0 saturated carbocycles. The summed E-state index contributed by atoms with van der Waals surface area (Å²) in [5, 5.41) is 17.0. The van der Waals surface area contributed by atoms with E-state index in [1.165, 1.54) is 0 Å². The van der Waals surface area contributed by atoms with Crippen LogP contribution in [0.3, 0.4) is 0 Å². The summed E-state index contributed by atoms with van der Waals surface area (Å²) in [7, 11) is 1.85. The highest BCUT2D eigenvalue weighted by atomic mass is 35.5. The quantitative estimate of drug-likeness (QED) is 0.936. The first-order valence-corrected chi connectivity index (χ1v) is 7.68. The summed E-state index contributed by atoms with van der Waals surface area (Å²) in [6.45, 7) is 5.63. The molecule has 0 saturated heterocycles. The van der Waals surface area contributed by atoms with Crippen LogP contribution in [0.4, 0.5) is 0 Å². The molecule has 1 amide bonds. The number of aryl methyl sites for hydroxylation is 2. The van der Waals surface area contributed by atoms with Crippen LogP contribution < -0.4 is 5.32 Å². The van der Waals surface area contributed by atoms with Gasteiger partial charge in [-0.1, -0.05) is 23.7 Å². The molecule has 1 aromatic carbocycles. The van der Waals surface area contributed by atoms with Gasteiger partial charge in [0.2, 0.25) is 5.91 Å². The first kappa shape index (κ1) is 17.0. The maximum atomic E-state index is 12.6. The van der Waals surface area contributed by atoms with Gasteiger partial charge in [0.05, 0.1) is 17.7 Å². The van der Waals surface area contributed by atoms with E-state index in [0.717, 1.165) is 17.0 Å². The van der Waals surface area contributed by atoms with Gasteiger partial charge in [-0.25, -0.2) is 0 Å². The van der Waals surface area contributed by atoms with Crippen molar-refractivity contribution in [3.8, 4) is 6.07 Å². The Hall–Kier alpha value is -2.32. The predicted molar refractivity (Wildman–Crippen MR) is 89.0 cm³/mol. The van der Waals surface area contributed by atoms with E-state index in [1.807, 2.05) is 27.8 Å². The fourth-order valence-corrected chi connectivity index (χ4v) is 2.89. The van der Waals surface area contributed by atoms with Crippen LogP contribution in [0.5, 0.6) is 0 Å². The molecule has 0 unspecified atom stereocenters. The van der Waals surface area contributed by atoms with Crippen LogP contribution >= 0.6 is 11.6 Å². The first-order valence-electron chi connectivity index (χ1n) is 7.30. The molecule has 1 heterocycles. The molecular formula is C17H19ClN4O. The minimum atomic E-state index is -0.735. The summed E-state index contributed by atoms with van der Waals surface area (Å²) in [4.78, 5) is 12.6. The number of hydrogen-bond donors (Lipinski definition) is 1. The molecule has 23 heavy (non-hydrogen) atoms. The average molecular weight is 331 g/mol. The van der Waals surface area contributed by atoms with Crippen LogP contribution in [0.15, 0.2) is 24.3 Å². The number of carbonyl (C=O) groups excluding carboxylic acids is 1. The van der Waals surface area contributed by atoms with Crippen molar-refractivity contribution in [2.45, 2.75) is 32.7 Å². The first-order chi connectivity index (χ1) is 10.8. The Morgan fingerprint density at radius 1 is 1.43 bits per heavy atom. The summed E-state index contributed by atoms with van der Waals surface area (Å²) in [5.74, 6) is -0.602. The lowest BCUT2D eigenvalue weighted by molar-refractivity contribution is -0.122. The van der Waals surface area contributed by atoms with Gasteiger partial charge < -0.3 is 5.32 Å². The maximum Gasteiger partial charge on any atom is 0.228 e. The monoisotopic (exact) mass is 330 g/mol. The van der Waals surface area contributed by atoms with Gasteiger partial charge in [0.1, 0.15) is 6.04 Å². The number of halogens is 1. The van der Waals surface area contributed by atoms with Gasteiger partial charge >= 0.3 is 0 Å². The van der Waals surface area contributed by atoms with E-state index >= 15 is 0 Å². The second-order valence-electron chi connectivity index (χ2n) is 5.56. The van der Waals surface area contributed by atoms with Gasteiger partial charge in [0.15, 0.2) is 0 Å². The van der Waals surface area contributed by atoms with Crippen molar-refractivity contribution in [1.82, 2.24) is 15.1 Å². The number of carbonyl (C=O) groups is 1. The summed E-state index contributed by atoms with van der Waals surface area (Å²) in [5.41, 5.74) is 3.33. The summed E-state index contributed by atoms with van der Waals surface area (Å²) in [6, 6.07) is 8.31. The maximum absolute atomic E-state index is 12.6.